The van der Waals surface area contributed by atoms with Gasteiger partial charge >= 0.3 is 5.97 Å². The molecule has 0 heterocycles. The van der Waals surface area contributed by atoms with Crippen LogP contribution in [0.2, 0.25) is 0 Å². The monoisotopic (exact) mass is 360 g/mol. The van der Waals surface area contributed by atoms with Gasteiger partial charge in [-0.2, -0.15) is 0 Å². The molecule has 0 atom stereocenters. The van der Waals surface area contributed by atoms with E-state index in [-0.39, 0.29) is 18.1 Å². The summed E-state index contributed by atoms with van der Waals surface area (Å²) in [5.41, 5.74) is 2.74. The Balaban J connectivity index is 2.55. The lowest BCUT2D eigenvalue weighted by atomic mass is 9.95. The number of ether oxygens (including phenoxy) is 1. The zero-order valence-corrected chi connectivity index (χ0v) is 14.9. The zero-order valence-electron chi connectivity index (χ0n) is 14.1. The van der Waals surface area contributed by atoms with Crippen molar-refractivity contribution < 1.29 is 23.1 Å². The van der Waals surface area contributed by atoms with Crippen LogP contribution in [-0.2, 0) is 19.4 Å². The highest BCUT2D eigenvalue weighted by Gasteiger charge is 2.14. The number of esters is 1. The van der Waals surface area contributed by atoms with Crippen molar-refractivity contribution in [3.05, 3.63) is 65.7 Å². The average molecular weight is 360 g/mol. The lowest BCUT2D eigenvalue weighted by molar-refractivity contribution is -0.139. The van der Waals surface area contributed by atoms with Gasteiger partial charge in [-0.05, 0) is 28.8 Å². The van der Waals surface area contributed by atoms with Gasteiger partial charge in [-0.25, -0.2) is 8.42 Å². The van der Waals surface area contributed by atoms with Crippen LogP contribution < -0.4 is 0 Å². The molecule has 132 valence electrons. The molecule has 0 unspecified atom stereocenters. The predicted molar refractivity (Wildman–Crippen MR) is 96.5 cm³/mol. The second-order valence-corrected chi connectivity index (χ2v) is 7.57. The van der Waals surface area contributed by atoms with Crippen LogP contribution in [0.15, 0.2) is 59.5 Å². The number of carbonyl (C=O) groups is 1. The molecular formula is C19H20O5S. The van der Waals surface area contributed by atoms with Crippen LogP contribution in [0.5, 0.6) is 0 Å². The van der Waals surface area contributed by atoms with Gasteiger partial charge in [-0.1, -0.05) is 42.5 Å². The van der Waals surface area contributed by atoms with Crippen LogP contribution in [0, 0.1) is 0 Å². The molecule has 2 aromatic carbocycles. The lowest BCUT2D eigenvalue weighted by Gasteiger charge is -2.15. The molecule has 0 spiro atoms. The predicted octanol–water partition coefficient (Wildman–Crippen LogP) is 2.56. The minimum absolute atomic E-state index is 0.0155. The molecule has 2 aromatic rings. The summed E-state index contributed by atoms with van der Waals surface area (Å²) >= 11 is 0. The van der Waals surface area contributed by atoms with E-state index in [1.165, 1.54) is 19.1 Å². The molecule has 0 aliphatic rings. The van der Waals surface area contributed by atoms with Crippen LogP contribution in [0.3, 0.4) is 0 Å². The molecule has 0 amide bonds. The quantitative estimate of drug-likeness (QED) is 0.632. The molecule has 0 aromatic heterocycles. The molecule has 0 saturated heterocycles. The van der Waals surface area contributed by atoms with E-state index < -0.39 is 15.8 Å². The van der Waals surface area contributed by atoms with E-state index in [1.807, 2.05) is 30.3 Å². The first-order valence-electron chi connectivity index (χ1n) is 7.65. The minimum atomic E-state index is -3.30. The Labute approximate surface area is 147 Å². The Hall–Kier alpha value is -2.44. The van der Waals surface area contributed by atoms with Crippen LogP contribution in [0.1, 0.15) is 18.1 Å². The zero-order chi connectivity index (χ0) is 18.4. The van der Waals surface area contributed by atoms with Crippen LogP contribution in [-0.4, -0.2) is 39.0 Å². The number of hydrogen-bond donors (Lipinski definition) is 1. The van der Waals surface area contributed by atoms with Crippen molar-refractivity contribution in [2.75, 3.05) is 19.5 Å². The minimum Gasteiger partial charge on any atom is -0.461 e. The number of aliphatic hydroxyl groups is 1. The molecule has 5 nitrogen and oxygen atoms in total. The molecule has 6 heteroatoms. The maximum atomic E-state index is 11.6. The van der Waals surface area contributed by atoms with Crippen molar-refractivity contribution in [1.82, 2.24) is 0 Å². The molecule has 0 aliphatic heterocycles. The second kappa shape index (κ2) is 8.09. The van der Waals surface area contributed by atoms with E-state index in [4.69, 9.17) is 4.74 Å². The van der Waals surface area contributed by atoms with E-state index in [2.05, 4.69) is 0 Å². The van der Waals surface area contributed by atoms with Crippen molar-refractivity contribution in [2.45, 2.75) is 11.8 Å². The number of hydrogen-bond acceptors (Lipinski definition) is 5. The largest absolute Gasteiger partial charge is 0.461 e. The Morgan fingerprint density at radius 3 is 2.00 bits per heavy atom. The van der Waals surface area contributed by atoms with Crippen molar-refractivity contribution >= 4 is 27.0 Å². The lowest BCUT2D eigenvalue weighted by Crippen LogP contribution is -2.07. The van der Waals surface area contributed by atoms with Gasteiger partial charge in [0, 0.05) is 18.8 Å². The van der Waals surface area contributed by atoms with E-state index >= 15 is 0 Å². The molecule has 0 fully saturated rings. The summed E-state index contributed by atoms with van der Waals surface area (Å²) in [5.74, 6) is -0.435. The summed E-state index contributed by atoms with van der Waals surface area (Å²) in [4.78, 5) is 11.4. The van der Waals surface area contributed by atoms with Crippen molar-refractivity contribution in [1.29, 1.82) is 0 Å². The van der Waals surface area contributed by atoms with Gasteiger partial charge in [-0.15, -0.1) is 0 Å². The number of aliphatic hydroxyl groups excluding tert-OH is 1. The fourth-order valence-corrected chi connectivity index (χ4v) is 3.05. The number of rotatable bonds is 6. The highest BCUT2D eigenvalue weighted by atomic mass is 32.2. The smallest absolute Gasteiger partial charge is 0.302 e. The Morgan fingerprint density at radius 2 is 1.52 bits per heavy atom. The van der Waals surface area contributed by atoms with Gasteiger partial charge in [0.25, 0.3) is 0 Å². The van der Waals surface area contributed by atoms with E-state index in [0.717, 1.165) is 11.8 Å². The van der Waals surface area contributed by atoms with Gasteiger partial charge in [0.1, 0.15) is 6.61 Å². The molecule has 25 heavy (non-hydrogen) atoms. The highest BCUT2D eigenvalue weighted by Crippen LogP contribution is 2.27. The number of carbonyl (C=O) groups excluding carboxylic acids is 1. The third-order valence-corrected chi connectivity index (χ3v) is 4.82. The van der Waals surface area contributed by atoms with Crippen molar-refractivity contribution in [3.8, 4) is 0 Å². The van der Waals surface area contributed by atoms with Gasteiger partial charge < -0.3 is 9.84 Å². The van der Waals surface area contributed by atoms with Crippen molar-refractivity contribution in [3.63, 3.8) is 0 Å². The second-order valence-electron chi connectivity index (χ2n) is 5.56. The van der Waals surface area contributed by atoms with Gasteiger partial charge in [0.2, 0.25) is 0 Å². The van der Waals surface area contributed by atoms with Crippen LogP contribution in [0.4, 0.5) is 0 Å². The van der Waals surface area contributed by atoms with Crippen molar-refractivity contribution in [2.24, 2.45) is 0 Å². The molecule has 0 bridgehead atoms. The molecule has 0 saturated carbocycles. The summed E-state index contributed by atoms with van der Waals surface area (Å²) in [6.45, 7) is 1.05. The fourth-order valence-electron chi connectivity index (χ4n) is 2.42. The number of benzene rings is 2. The maximum Gasteiger partial charge on any atom is 0.302 e. The molecule has 2 rings (SSSR count). The average Bonchev–Trinajstić information content (AvgIpc) is 2.58. The van der Waals surface area contributed by atoms with E-state index in [0.29, 0.717) is 16.7 Å². The highest BCUT2D eigenvalue weighted by molar-refractivity contribution is 7.90. The van der Waals surface area contributed by atoms with Gasteiger partial charge in [0.05, 0.1) is 11.5 Å². The third kappa shape index (κ3) is 5.01. The first kappa shape index (κ1) is 18.9. The number of sulfone groups is 1. The first-order valence-corrected chi connectivity index (χ1v) is 9.54. The molecule has 0 radical (unpaired) electrons. The SMILES string of the molecule is CC(=O)OCC(=C(CO)c1ccccc1)c1ccc(S(C)(=O)=O)cc1. The Kier molecular flexibility index (Phi) is 6.12. The Morgan fingerprint density at radius 1 is 0.960 bits per heavy atom. The normalized spacial score (nSPS) is 12.4. The topological polar surface area (TPSA) is 80.7 Å². The summed E-state index contributed by atoms with van der Waals surface area (Å²) in [7, 11) is -3.30. The van der Waals surface area contributed by atoms with Gasteiger partial charge in [0.15, 0.2) is 9.84 Å². The maximum absolute atomic E-state index is 11.6. The van der Waals surface area contributed by atoms with Crippen LogP contribution in [0.25, 0.3) is 11.1 Å². The summed E-state index contributed by atoms with van der Waals surface area (Å²) in [5, 5.41) is 9.87. The summed E-state index contributed by atoms with van der Waals surface area (Å²) in [6, 6.07) is 15.6. The fraction of sp³-hybridized carbons (Fsp3) is 0.211. The molecule has 1 N–H and O–H groups in total. The van der Waals surface area contributed by atoms with Gasteiger partial charge in [-0.3, -0.25) is 4.79 Å². The standard InChI is InChI=1S/C19H20O5S/c1-14(21)24-13-19(18(12-20)15-6-4-3-5-7-15)16-8-10-17(11-9-16)25(2,22)23/h3-11,20H,12-13H2,1-2H3. The van der Waals surface area contributed by atoms with E-state index in [9.17, 15) is 18.3 Å². The summed E-state index contributed by atoms with van der Waals surface area (Å²) in [6.07, 6.45) is 1.14. The van der Waals surface area contributed by atoms with E-state index in [1.54, 1.807) is 12.1 Å². The first-order chi connectivity index (χ1) is 11.8. The summed E-state index contributed by atoms with van der Waals surface area (Å²) < 4.78 is 28.4. The molecular weight excluding hydrogens is 340 g/mol. The Bertz CT molecular complexity index is 866. The molecule has 0 aliphatic carbocycles. The van der Waals surface area contributed by atoms with Crippen LogP contribution >= 0.6 is 0 Å². The third-order valence-electron chi connectivity index (χ3n) is 3.70.